The van der Waals surface area contributed by atoms with Gasteiger partial charge in [-0.05, 0) is 42.3 Å². The van der Waals surface area contributed by atoms with E-state index in [0.29, 0.717) is 0 Å². The maximum atomic E-state index is 12.8. The summed E-state index contributed by atoms with van der Waals surface area (Å²) in [5.41, 5.74) is 1.74. The largest absolute Gasteiger partial charge is 0.326 e. The number of carbonyl (C=O) groups excluding carboxylic acids is 1. The molecule has 0 saturated heterocycles. The molecule has 2 N–H and O–H groups in total. The minimum Gasteiger partial charge on any atom is -0.326 e. The SMILES string of the molecule is CCc1ccccc1NC(=O)CCNS(=O)(=O)c1ccc(F)cc1. The molecule has 2 aromatic carbocycles. The fourth-order valence-corrected chi connectivity index (χ4v) is 3.19. The minimum atomic E-state index is -3.76. The van der Waals surface area contributed by atoms with Crippen LogP contribution in [0.25, 0.3) is 0 Å². The molecule has 0 unspecified atom stereocenters. The van der Waals surface area contributed by atoms with Crippen LogP contribution in [0.2, 0.25) is 0 Å². The summed E-state index contributed by atoms with van der Waals surface area (Å²) in [4.78, 5) is 11.9. The van der Waals surface area contributed by atoms with Crippen LogP contribution in [0.1, 0.15) is 18.9 Å². The van der Waals surface area contributed by atoms with Gasteiger partial charge in [-0.2, -0.15) is 0 Å². The molecule has 0 saturated carbocycles. The first-order valence-electron chi connectivity index (χ1n) is 7.55. The number of hydrogen-bond donors (Lipinski definition) is 2. The summed E-state index contributed by atoms with van der Waals surface area (Å²) < 4.78 is 39.2. The molecule has 2 aromatic rings. The number of amides is 1. The zero-order valence-electron chi connectivity index (χ0n) is 13.3. The van der Waals surface area contributed by atoms with E-state index in [0.717, 1.165) is 29.8 Å². The lowest BCUT2D eigenvalue weighted by atomic mass is 10.1. The summed E-state index contributed by atoms with van der Waals surface area (Å²) >= 11 is 0. The Hall–Kier alpha value is -2.25. The van der Waals surface area contributed by atoms with E-state index in [4.69, 9.17) is 0 Å². The molecule has 2 rings (SSSR count). The highest BCUT2D eigenvalue weighted by atomic mass is 32.2. The predicted octanol–water partition coefficient (Wildman–Crippen LogP) is 2.70. The first-order chi connectivity index (χ1) is 11.4. The molecule has 0 radical (unpaired) electrons. The number of anilines is 1. The van der Waals surface area contributed by atoms with Crippen molar-refractivity contribution in [3.05, 3.63) is 59.9 Å². The number of para-hydroxylation sites is 1. The highest BCUT2D eigenvalue weighted by Gasteiger charge is 2.14. The van der Waals surface area contributed by atoms with Gasteiger partial charge in [0.25, 0.3) is 0 Å². The molecule has 0 heterocycles. The van der Waals surface area contributed by atoms with Gasteiger partial charge in [0.1, 0.15) is 5.82 Å². The van der Waals surface area contributed by atoms with Gasteiger partial charge in [0, 0.05) is 18.7 Å². The summed E-state index contributed by atoms with van der Waals surface area (Å²) in [6, 6.07) is 11.9. The Balaban J connectivity index is 1.89. The Labute approximate surface area is 141 Å². The van der Waals surface area contributed by atoms with Crippen LogP contribution in [0.3, 0.4) is 0 Å². The maximum Gasteiger partial charge on any atom is 0.240 e. The summed E-state index contributed by atoms with van der Waals surface area (Å²) in [6.07, 6.45) is 0.784. The van der Waals surface area contributed by atoms with Crippen molar-refractivity contribution in [2.24, 2.45) is 0 Å². The van der Waals surface area contributed by atoms with E-state index in [2.05, 4.69) is 10.0 Å². The van der Waals surface area contributed by atoms with Crippen LogP contribution in [0, 0.1) is 5.82 Å². The van der Waals surface area contributed by atoms with Crippen LogP contribution in [0.5, 0.6) is 0 Å². The van der Waals surface area contributed by atoms with Crippen molar-refractivity contribution >= 4 is 21.6 Å². The molecular weight excluding hydrogens is 331 g/mol. The zero-order valence-corrected chi connectivity index (χ0v) is 14.1. The average molecular weight is 350 g/mol. The third kappa shape index (κ3) is 4.87. The number of halogens is 1. The normalized spacial score (nSPS) is 11.2. The van der Waals surface area contributed by atoms with E-state index in [1.165, 1.54) is 12.1 Å². The Bertz CT molecular complexity index is 805. The molecule has 7 heteroatoms. The molecular formula is C17H19FN2O3S. The molecule has 24 heavy (non-hydrogen) atoms. The van der Waals surface area contributed by atoms with Gasteiger partial charge in [-0.1, -0.05) is 25.1 Å². The van der Waals surface area contributed by atoms with E-state index >= 15 is 0 Å². The highest BCUT2D eigenvalue weighted by Crippen LogP contribution is 2.15. The lowest BCUT2D eigenvalue weighted by Gasteiger charge is -2.10. The smallest absolute Gasteiger partial charge is 0.240 e. The minimum absolute atomic E-state index is 0.00151. The second-order valence-electron chi connectivity index (χ2n) is 5.16. The average Bonchev–Trinajstić information content (AvgIpc) is 2.55. The lowest BCUT2D eigenvalue weighted by molar-refractivity contribution is -0.116. The molecule has 0 aromatic heterocycles. The van der Waals surface area contributed by atoms with Crippen LogP contribution < -0.4 is 10.0 Å². The maximum absolute atomic E-state index is 12.8. The van der Waals surface area contributed by atoms with E-state index in [1.54, 1.807) is 6.07 Å². The third-order valence-corrected chi connectivity index (χ3v) is 4.92. The Morgan fingerprint density at radius 2 is 1.75 bits per heavy atom. The number of sulfonamides is 1. The second-order valence-corrected chi connectivity index (χ2v) is 6.93. The number of aryl methyl sites for hydroxylation is 1. The van der Waals surface area contributed by atoms with Crippen LogP contribution >= 0.6 is 0 Å². The molecule has 0 spiro atoms. The monoisotopic (exact) mass is 350 g/mol. The fourth-order valence-electron chi connectivity index (χ4n) is 2.16. The van der Waals surface area contributed by atoms with E-state index < -0.39 is 15.8 Å². The molecule has 5 nitrogen and oxygen atoms in total. The van der Waals surface area contributed by atoms with E-state index in [1.807, 2.05) is 25.1 Å². The Kier molecular flexibility index (Phi) is 6.05. The molecule has 0 bridgehead atoms. The lowest BCUT2D eigenvalue weighted by Crippen LogP contribution is -2.28. The third-order valence-electron chi connectivity index (χ3n) is 3.44. The van der Waals surface area contributed by atoms with E-state index in [-0.39, 0.29) is 23.8 Å². The van der Waals surface area contributed by atoms with Crippen LogP contribution in [-0.4, -0.2) is 20.9 Å². The number of carbonyl (C=O) groups is 1. The highest BCUT2D eigenvalue weighted by molar-refractivity contribution is 7.89. The molecule has 128 valence electrons. The van der Waals surface area contributed by atoms with Crippen molar-refractivity contribution in [2.75, 3.05) is 11.9 Å². The molecule has 0 atom stereocenters. The summed E-state index contributed by atoms with van der Waals surface area (Å²) in [5.74, 6) is -0.791. The summed E-state index contributed by atoms with van der Waals surface area (Å²) in [5, 5.41) is 2.77. The standard InChI is InChI=1S/C17H19FN2O3S/c1-2-13-5-3-4-6-16(13)20-17(21)11-12-19-24(22,23)15-9-7-14(18)8-10-15/h3-10,19H,2,11-12H2,1H3,(H,20,21). The van der Waals surface area contributed by atoms with Crippen LogP contribution in [0.4, 0.5) is 10.1 Å². The van der Waals surface area contributed by atoms with Gasteiger partial charge in [-0.25, -0.2) is 17.5 Å². The first kappa shape index (κ1) is 18.1. The van der Waals surface area contributed by atoms with Crippen molar-refractivity contribution in [2.45, 2.75) is 24.7 Å². The van der Waals surface area contributed by atoms with Crippen molar-refractivity contribution < 1.29 is 17.6 Å². The van der Waals surface area contributed by atoms with Crippen molar-refractivity contribution in [3.63, 3.8) is 0 Å². The number of nitrogens with one attached hydrogen (secondary N) is 2. The van der Waals surface area contributed by atoms with Crippen molar-refractivity contribution in [1.82, 2.24) is 4.72 Å². The number of benzene rings is 2. The van der Waals surface area contributed by atoms with Gasteiger partial charge in [-0.3, -0.25) is 4.79 Å². The van der Waals surface area contributed by atoms with Gasteiger partial charge in [0.2, 0.25) is 15.9 Å². The number of hydrogen-bond acceptors (Lipinski definition) is 3. The van der Waals surface area contributed by atoms with Gasteiger partial charge in [-0.15, -0.1) is 0 Å². The summed E-state index contributed by atoms with van der Waals surface area (Å²) in [7, 11) is -3.76. The predicted molar refractivity (Wildman–Crippen MR) is 90.7 cm³/mol. The first-order valence-corrected chi connectivity index (χ1v) is 9.03. The molecule has 0 aliphatic rings. The Morgan fingerprint density at radius 1 is 1.08 bits per heavy atom. The van der Waals surface area contributed by atoms with Gasteiger partial charge < -0.3 is 5.32 Å². The molecule has 0 aliphatic heterocycles. The summed E-state index contributed by atoms with van der Waals surface area (Å²) in [6.45, 7) is 1.95. The molecule has 0 fully saturated rings. The van der Waals surface area contributed by atoms with Crippen LogP contribution in [0.15, 0.2) is 53.4 Å². The van der Waals surface area contributed by atoms with Gasteiger partial charge >= 0.3 is 0 Å². The van der Waals surface area contributed by atoms with Crippen LogP contribution in [-0.2, 0) is 21.2 Å². The fraction of sp³-hybridized carbons (Fsp3) is 0.235. The molecule has 1 amide bonds. The van der Waals surface area contributed by atoms with Gasteiger partial charge in [0.15, 0.2) is 0 Å². The van der Waals surface area contributed by atoms with Crippen molar-refractivity contribution in [1.29, 1.82) is 0 Å². The van der Waals surface area contributed by atoms with E-state index in [9.17, 15) is 17.6 Å². The number of rotatable bonds is 7. The molecule has 0 aliphatic carbocycles. The van der Waals surface area contributed by atoms with Crippen molar-refractivity contribution in [3.8, 4) is 0 Å². The zero-order chi connectivity index (χ0) is 17.6. The Morgan fingerprint density at radius 3 is 2.42 bits per heavy atom. The topological polar surface area (TPSA) is 75.3 Å². The quantitative estimate of drug-likeness (QED) is 0.806. The van der Waals surface area contributed by atoms with Gasteiger partial charge in [0.05, 0.1) is 4.90 Å². The second kappa shape index (κ2) is 8.03.